The molecule has 11 heteroatoms. The van der Waals surface area contributed by atoms with E-state index >= 15 is 0 Å². The molecule has 7 rings (SSSR count). The highest BCUT2D eigenvalue weighted by atomic mass is 32.1. The van der Waals surface area contributed by atoms with E-state index in [2.05, 4.69) is 39.2 Å². The fourth-order valence-electron chi connectivity index (χ4n) is 7.34. The van der Waals surface area contributed by atoms with Crippen LogP contribution in [0, 0.1) is 22.7 Å². The molecule has 4 saturated heterocycles. The molecule has 10 nitrogen and oxygen atoms in total. The average molecular weight is 532 g/mol. The Morgan fingerprint density at radius 3 is 2.45 bits per heavy atom. The predicted octanol–water partition coefficient (Wildman–Crippen LogP) is 1.98. The van der Waals surface area contributed by atoms with Gasteiger partial charge in [0.25, 0.3) is 0 Å². The van der Waals surface area contributed by atoms with Gasteiger partial charge in [-0.25, -0.2) is 0 Å². The van der Waals surface area contributed by atoms with E-state index in [4.69, 9.17) is 20.4 Å². The summed E-state index contributed by atoms with van der Waals surface area (Å²) in [4.78, 5) is 17.7. The molecule has 0 aromatic carbocycles. The summed E-state index contributed by atoms with van der Waals surface area (Å²) in [6.45, 7) is 4.72. The number of likely N-dealkylation sites (N-methyl/N-ethyl adjacent to an activating group) is 1. The normalized spacial score (nSPS) is 27.3. The third kappa shape index (κ3) is 3.71. The smallest absolute Gasteiger partial charge is 0.320 e. The first-order chi connectivity index (χ1) is 18.5. The Morgan fingerprint density at radius 2 is 1.79 bits per heavy atom. The molecule has 4 aliphatic heterocycles. The summed E-state index contributed by atoms with van der Waals surface area (Å²) in [5.41, 5.74) is 8.38. The van der Waals surface area contributed by atoms with Crippen LogP contribution in [0.4, 0.5) is 16.6 Å². The molecule has 2 aromatic rings. The zero-order valence-corrected chi connectivity index (χ0v) is 22.6. The van der Waals surface area contributed by atoms with Crippen molar-refractivity contribution in [3.05, 3.63) is 21.6 Å². The molecule has 0 unspecified atom stereocenters. The number of rotatable bonds is 5. The van der Waals surface area contributed by atoms with Gasteiger partial charge in [-0.05, 0) is 57.7 Å². The van der Waals surface area contributed by atoms with E-state index in [1.807, 2.05) is 0 Å². The first-order valence-electron chi connectivity index (χ1n) is 13.7. The van der Waals surface area contributed by atoms with Crippen LogP contribution in [-0.4, -0.2) is 79.4 Å². The maximum atomic E-state index is 10.4. The van der Waals surface area contributed by atoms with Gasteiger partial charge in [0.2, 0.25) is 0 Å². The maximum Gasteiger partial charge on any atom is 0.320 e. The highest BCUT2D eigenvalue weighted by molar-refractivity contribution is 7.16. The maximum absolute atomic E-state index is 10.4. The molecule has 38 heavy (non-hydrogen) atoms. The number of nitrogens with two attached hydrogens (primary N) is 1. The Labute approximate surface area is 227 Å². The number of nitrogens with zero attached hydrogens (tertiary/aromatic N) is 7. The van der Waals surface area contributed by atoms with Crippen LogP contribution >= 0.6 is 11.3 Å². The van der Waals surface area contributed by atoms with Gasteiger partial charge < -0.3 is 30.5 Å². The number of hydrogen-bond acceptors (Lipinski definition) is 11. The van der Waals surface area contributed by atoms with Crippen LogP contribution in [0.1, 0.15) is 53.7 Å². The Bertz CT molecular complexity index is 1340. The molecule has 4 fully saturated rings. The molecule has 6 heterocycles. The number of aryl methyl sites for hydroxylation is 1. The number of anilines is 3. The highest BCUT2D eigenvalue weighted by Gasteiger charge is 2.52. The summed E-state index contributed by atoms with van der Waals surface area (Å²) in [7, 11) is 2.14. The molecule has 0 amide bonds. The minimum atomic E-state index is -0.103. The van der Waals surface area contributed by atoms with Gasteiger partial charge in [-0.3, -0.25) is 0 Å². The number of hydrogen-bond donors (Lipinski definition) is 2. The summed E-state index contributed by atoms with van der Waals surface area (Å²) in [5, 5.41) is 24.5. The zero-order valence-electron chi connectivity index (χ0n) is 21.7. The molecule has 2 aromatic heterocycles. The van der Waals surface area contributed by atoms with Crippen molar-refractivity contribution in [2.45, 2.75) is 62.1 Å². The third-order valence-corrected chi connectivity index (χ3v) is 10.4. The summed E-state index contributed by atoms with van der Waals surface area (Å²) in [6, 6.07) is 6.36. The lowest BCUT2D eigenvalue weighted by Crippen LogP contribution is -2.59. The first-order valence-corrected chi connectivity index (χ1v) is 14.5. The highest BCUT2D eigenvalue weighted by Crippen LogP contribution is 2.53. The summed E-state index contributed by atoms with van der Waals surface area (Å²) < 4.78 is 6.23. The van der Waals surface area contributed by atoms with E-state index < -0.39 is 0 Å². The van der Waals surface area contributed by atoms with Crippen molar-refractivity contribution < 1.29 is 4.74 Å². The quantitative estimate of drug-likeness (QED) is 0.591. The van der Waals surface area contributed by atoms with Crippen molar-refractivity contribution in [2.75, 3.05) is 61.9 Å². The van der Waals surface area contributed by atoms with Crippen LogP contribution in [0.25, 0.3) is 0 Å². The average Bonchev–Trinajstić information content (AvgIpc) is 3.64. The van der Waals surface area contributed by atoms with Crippen LogP contribution in [-0.2, 0) is 11.8 Å². The second-order valence-electron chi connectivity index (χ2n) is 11.7. The molecule has 1 spiro atoms. The molecule has 0 radical (unpaired) electrons. The Hall–Kier alpha value is -3.12. The second-order valence-corrected chi connectivity index (χ2v) is 12.8. The van der Waals surface area contributed by atoms with Crippen LogP contribution < -0.4 is 25.6 Å². The van der Waals surface area contributed by atoms with Gasteiger partial charge in [0.15, 0.2) is 11.6 Å². The van der Waals surface area contributed by atoms with Crippen molar-refractivity contribution in [3.8, 4) is 18.1 Å². The minimum absolute atomic E-state index is 0.103. The third-order valence-electron chi connectivity index (χ3n) is 9.32. The first kappa shape index (κ1) is 24.0. The molecule has 3 N–H and O–H groups in total. The van der Waals surface area contributed by atoms with Crippen molar-refractivity contribution in [1.82, 2.24) is 20.2 Å². The van der Waals surface area contributed by atoms with E-state index in [9.17, 15) is 10.5 Å². The van der Waals surface area contributed by atoms with Crippen molar-refractivity contribution in [3.63, 3.8) is 0 Å². The van der Waals surface area contributed by atoms with Gasteiger partial charge in [0.05, 0.1) is 5.56 Å². The fraction of sp³-hybridized carbons (Fsp3) is 0.630. The minimum Gasteiger partial charge on any atom is -0.462 e. The molecular weight excluding hydrogens is 498 g/mol. The number of likely N-dealkylation sites (tertiary alicyclic amines) is 1. The standard InChI is InChI=1S/C27H33N9OS/c1-34-8-2-3-18(34)13-37-26-32-24(35-11-16-4-5-17(12-35)31-16)20(10-29)25(33-26)36-14-27(15-36)7-6-21-22(27)19(9-28)23(30)38-21/h16-18,31H,2-8,11-15,30H2,1H3/t16-,17+,18-/m0/s1. The Morgan fingerprint density at radius 1 is 1.08 bits per heavy atom. The molecule has 198 valence electrons. The number of nitriles is 2. The molecule has 5 aliphatic rings. The number of aromatic nitrogens is 2. The number of thiophene rings is 1. The molecule has 3 atom stereocenters. The molecule has 1 aliphatic carbocycles. The van der Waals surface area contributed by atoms with Gasteiger partial charge in [0.1, 0.15) is 29.3 Å². The number of ether oxygens (including phenoxy) is 1. The largest absolute Gasteiger partial charge is 0.462 e. The van der Waals surface area contributed by atoms with Crippen molar-refractivity contribution in [2.24, 2.45) is 0 Å². The topological polar surface area (TPSA) is 130 Å². The SMILES string of the molecule is CN1CCC[C@H]1COc1nc(N2C[C@H]3CC[C@@H](C2)N3)c(C#N)c(N2CC3(CCc4sc(N)c(C#N)c43)C2)n1. The predicted molar refractivity (Wildman–Crippen MR) is 146 cm³/mol. The van der Waals surface area contributed by atoms with E-state index in [0.717, 1.165) is 57.3 Å². The lowest BCUT2D eigenvalue weighted by atomic mass is 9.74. The monoisotopic (exact) mass is 531 g/mol. The van der Waals surface area contributed by atoms with Crippen molar-refractivity contribution in [1.29, 1.82) is 10.5 Å². The Balaban J connectivity index is 1.22. The fourth-order valence-corrected chi connectivity index (χ4v) is 8.48. The molecule has 0 saturated carbocycles. The lowest BCUT2D eigenvalue weighted by molar-refractivity contribution is 0.187. The van der Waals surface area contributed by atoms with E-state index in [0.29, 0.717) is 71.6 Å². The lowest BCUT2D eigenvalue weighted by Gasteiger charge is -2.49. The van der Waals surface area contributed by atoms with Crippen molar-refractivity contribution >= 4 is 28.0 Å². The van der Waals surface area contributed by atoms with Crippen LogP contribution in [0.2, 0.25) is 0 Å². The van der Waals surface area contributed by atoms with Crippen LogP contribution in [0.15, 0.2) is 0 Å². The van der Waals surface area contributed by atoms with Gasteiger partial charge in [-0.15, -0.1) is 11.3 Å². The van der Waals surface area contributed by atoms with Gasteiger partial charge >= 0.3 is 6.01 Å². The number of nitrogen functional groups attached to an aromatic ring is 1. The van der Waals surface area contributed by atoms with Gasteiger partial charge in [0, 0.05) is 54.6 Å². The van der Waals surface area contributed by atoms with Crippen LogP contribution in [0.5, 0.6) is 6.01 Å². The van der Waals surface area contributed by atoms with E-state index in [1.165, 1.54) is 11.3 Å². The van der Waals surface area contributed by atoms with Crippen LogP contribution in [0.3, 0.4) is 0 Å². The van der Waals surface area contributed by atoms with Gasteiger partial charge in [-0.2, -0.15) is 20.5 Å². The second kappa shape index (κ2) is 8.98. The number of nitrogens with one attached hydrogen (secondary N) is 1. The summed E-state index contributed by atoms with van der Waals surface area (Å²) >= 11 is 1.56. The summed E-state index contributed by atoms with van der Waals surface area (Å²) in [6.07, 6.45) is 6.54. The van der Waals surface area contributed by atoms with E-state index in [1.54, 1.807) is 11.3 Å². The molecule has 2 bridgehead atoms. The van der Waals surface area contributed by atoms with E-state index in [-0.39, 0.29) is 5.41 Å². The number of piperazine rings is 1. The number of fused-ring (bicyclic) bond motifs is 4. The zero-order chi connectivity index (χ0) is 26.0. The Kier molecular flexibility index (Phi) is 5.66. The van der Waals surface area contributed by atoms with Gasteiger partial charge in [-0.1, -0.05) is 0 Å². The summed E-state index contributed by atoms with van der Waals surface area (Å²) in [5.74, 6) is 1.34. The molecular formula is C27H33N9OS.